The molecule has 1 aliphatic rings. The number of carbonyl (C=O) groups is 1. The van der Waals surface area contributed by atoms with Gasteiger partial charge >= 0.3 is 0 Å². The number of morpholine rings is 1. The highest BCUT2D eigenvalue weighted by Crippen LogP contribution is 2.35. The molecule has 2 heterocycles. The fourth-order valence-corrected chi connectivity index (χ4v) is 3.34. The maximum atomic E-state index is 12.2. The molecule has 1 aliphatic heterocycles. The standard InChI is InChI=1S/C17H21N3O4S/c1-22-12-3-4-15(23-2)13(8-12)14-10-25-17(19-14)20-16(21)7-11-9-24-6-5-18-11/h3-4,8,10-11,18H,5-7,9H2,1-2H3,(H,19,20,21). The molecule has 1 fully saturated rings. The van der Waals surface area contributed by atoms with Gasteiger partial charge in [-0.05, 0) is 18.2 Å². The number of carbonyl (C=O) groups excluding carboxylic acids is 1. The lowest BCUT2D eigenvalue weighted by molar-refractivity contribution is -0.117. The average molecular weight is 363 g/mol. The van der Waals surface area contributed by atoms with Gasteiger partial charge in [-0.3, -0.25) is 4.79 Å². The Morgan fingerprint density at radius 3 is 3.04 bits per heavy atom. The second kappa shape index (κ2) is 8.28. The summed E-state index contributed by atoms with van der Waals surface area (Å²) in [6.45, 7) is 2.02. The van der Waals surface area contributed by atoms with Crippen molar-refractivity contribution in [3.63, 3.8) is 0 Å². The summed E-state index contributed by atoms with van der Waals surface area (Å²) in [5.41, 5.74) is 1.55. The van der Waals surface area contributed by atoms with Crippen LogP contribution in [0.1, 0.15) is 6.42 Å². The van der Waals surface area contributed by atoms with Gasteiger partial charge in [0.25, 0.3) is 0 Å². The van der Waals surface area contributed by atoms with E-state index in [1.807, 2.05) is 23.6 Å². The van der Waals surface area contributed by atoms with E-state index in [1.165, 1.54) is 11.3 Å². The number of amides is 1. The highest BCUT2D eigenvalue weighted by Gasteiger charge is 2.18. The lowest BCUT2D eigenvalue weighted by Crippen LogP contribution is -2.43. The SMILES string of the molecule is COc1ccc(OC)c(-c2csc(NC(=O)CC3COCCN3)n2)c1. The van der Waals surface area contributed by atoms with Crippen LogP contribution in [0.5, 0.6) is 11.5 Å². The van der Waals surface area contributed by atoms with E-state index in [-0.39, 0.29) is 11.9 Å². The molecule has 0 aliphatic carbocycles. The average Bonchev–Trinajstić information content (AvgIpc) is 3.10. The van der Waals surface area contributed by atoms with Gasteiger partial charge in [-0.1, -0.05) is 0 Å². The first-order valence-corrected chi connectivity index (χ1v) is 8.86. The van der Waals surface area contributed by atoms with Crippen molar-refractivity contribution < 1.29 is 19.0 Å². The minimum Gasteiger partial charge on any atom is -0.497 e. The minimum atomic E-state index is -0.0819. The van der Waals surface area contributed by atoms with Gasteiger partial charge in [0, 0.05) is 30.0 Å². The predicted molar refractivity (Wildman–Crippen MR) is 96.5 cm³/mol. The monoisotopic (exact) mass is 363 g/mol. The molecule has 25 heavy (non-hydrogen) atoms. The van der Waals surface area contributed by atoms with Crippen LogP contribution in [0, 0.1) is 0 Å². The van der Waals surface area contributed by atoms with Crippen LogP contribution in [0.3, 0.4) is 0 Å². The number of nitrogens with zero attached hydrogens (tertiary/aromatic N) is 1. The molecule has 134 valence electrons. The van der Waals surface area contributed by atoms with Crippen molar-refractivity contribution in [2.45, 2.75) is 12.5 Å². The molecule has 0 spiro atoms. The molecule has 8 heteroatoms. The number of aromatic nitrogens is 1. The zero-order valence-corrected chi connectivity index (χ0v) is 15.0. The first kappa shape index (κ1) is 17.7. The van der Waals surface area contributed by atoms with Crippen LogP contribution in [-0.4, -0.2) is 50.9 Å². The van der Waals surface area contributed by atoms with Crippen LogP contribution in [0.25, 0.3) is 11.3 Å². The van der Waals surface area contributed by atoms with Gasteiger partial charge in [0.15, 0.2) is 5.13 Å². The summed E-state index contributed by atoms with van der Waals surface area (Å²) < 4.78 is 16.0. The van der Waals surface area contributed by atoms with E-state index < -0.39 is 0 Å². The van der Waals surface area contributed by atoms with Crippen LogP contribution >= 0.6 is 11.3 Å². The zero-order chi connectivity index (χ0) is 17.6. The Kier molecular flexibility index (Phi) is 5.85. The Morgan fingerprint density at radius 2 is 2.32 bits per heavy atom. The van der Waals surface area contributed by atoms with Gasteiger partial charge < -0.3 is 24.8 Å². The zero-order valence-electron chi connectivity index (χ0n) is 14.2. The number of hydrogen-bond acceptors (Lipinski definition) is 7. The number of rotatable bonds is 6. The lowest BCUT2D eigenvalue weighted by atomic mass is 10.1. The van der Waals surface area contributed by atoms with Gasteiger partial charge in [-0.15, -0.1) is 11.3 Å². The van der Waals surface area contributed by atoms with Gasteiger partial charge in [-0.25, -0.2) is 4.98 Å². The first-order chi connectivity index (χ1) is 12.2. The summed E-state index contributed by atoms with van der Waals surface area (Å²) in [5, 5.41) is 8.55. The van der Waals surface area contributed by atoms with E-state index in [9.17, 15) is 4.79 Å². The number of benzene rings is 1. The van der Waals surface area contributed by atoms with Crippen LogP contribution in [0.2, 0.25) is 0 Å². The largest absolute Gasteiger partial charge is 0.497 e. The molecular weight excluding hydrogens is 342 g/mol. The van der Waals surface area contributed by atoms with E-state index >= 15 is 0 Å². The van der Waals surface area contributed by atoms with E-state index in [2.05, 4.69) is 15.6 Å². The summed E-state index contributed by atoms with van der Waals surface area (Å²) >= 11 is 1.38. The van der Waals surface area contributed by atoms with Gasteiger partial charge in [0.1, 0.15) is 11.5 Å². The van der Waals surface area contributed by atoms with Crippen LogP contribution in [-0.2, 0) is 9.53 Å². The Labute approximate surface area is 150 Å². The number of ether oxygens (including phenoxy) is 3. The second-order valence-electron chi connectivity index (χ2n) is 5.58. The molecule has 0 radical (unpaired) electrons. The van der Waals surface area contributed by atoms with Gasteiger partial charge in [-0.2, -0.15) is 0 Å². The molecule has 0 saturated carbocycles. The van der Waals surface area contributed by atoms with Gasteiger partial charge in [0.2, 0.25) is 5.91 Å². The summed E-state index contributed by atoms with van der Waals surface area (Å²) in [6, 6.07) is 5.58. The highest BCUT2D eigenvalue weighted by molar-refractivity contribution is 7.14. The van der Waals surface area contributed by atoms with Crippen molar-refractivity contribution in [3.8, 4) is 22.8 Å². The third-order valence-corrected chi connectivity index (χ3v) is 4.62. The number of methoxy groups -OCH3 is 2. The molecular formula is C17H21N3O4S. The topological polar surface area (TPSA) is 81.7 Å². The Hall–Kier alpha value is -2.16. The first-order valence-electron chi connectivity index (χ1n) is 7.98. The second-order valence-corrected chi connectivity index (χ2v) is 6.44. The fraction of sp³-hybridized carbons (Fsp3) is 0.412. The molecule has 1 atom stereocenters. The van der Waals surface area contributed by atoms with E-state index in [4.69, 9.17) is 14.2 Å². The molecule has 2 aromatic rings. The summed E-state index contributed by atoms with van der Waals surface area (Å²) in [4.78, 5) is 16.7. The van der Waals surface area contributed by atoms with Crippen LogP contribution in [0.15, 0.2) is 23.6 Å². The highest BCUT2D eigenvalue weighted by atomic mass is 32.1. The van der Waals surface area contributed by atoms with Crippen molar-refractivity contribution in [1.29, 1.82) is 0 Å². The lowest BCUT2D eigenvalue weighted by Gasteiger charge is -2.22. The summed E-state index contributed by atoms with van der Waals surface area (Å²) in [5.74, 6) is 1.34. The number of anilines is 1. The maximum absolute atomic E-state index is 12.2. The quantitative estimate of drug-likeness (QED) is 0.818. The third kappa shape index (κ3) is 4.47. The van der Waals surface area contributed by atoms with E-state index in [0.717, 1.165) is 23.6 Å². The van der Waals surface area contributed by atoms with Gasteiger partial charge in [0.05, 0.1) is 33.1 Å². The molecule has 2 N–H and O–H groups in total. The predicted octanol–water partition coefficient (Wildman–Crippen LogP) is 2.14. The van der Waals surface area contributed by atoms with Crippen molar-refractivity contribution >= 4 is 22.4 Å². The maximum Gasteiger partial charge on any atom is 0.227 e. The summed E-state index contributed by atoms with van der Waals surface area (Å²) in [6.07, 6.45) is 0.359. The molecule has 1 saturated heterocycles. The Bertz CT molecular complexity index is 728. The molecule has 1 aromatic heterocycles. The smallest absolute Gasteiger partial charge is 0.227 e. The third-order valence-electron chi connectivity index (χ3n) is 3.86. The molecule has 1 aromatic carbocycles. The fourth-order valence-electron chi connectivity index (χ4n) is 2.61. The molecule has 3 rings (SSSR count). The molecule has 1 amide bonds. The van der Waals surface area contributed by atoms with E-state index in [0.29, 0.717) is 30.5 Å². The molecule has 0 bridgehead atoms. The number of thiazole rings is 1. The summed E-state index contributed by atoms with van der Waals surface area (Å²) in [7, 11) is 3.22. The van der Waals surface area contributed by atoms with Crippen molar-refractivity contribution in [2.75, 3.05) is 39.3 Å². The normalized spacial score (nSPS) is 17.1. The molecule has 1 unspecified atom stereocenters. The Morgan fingerprint density at radius 1 is 1.44 bits per heavy atom. The van der Waals surface area contributed by atoms with Crippen molar-refractivity contribution in [2.24, 2.45) is 0 Å². The van der Waals surface area contributed by atoms with E-state index in [1.54, 1.807) is 14.2 Å². The van der Waals surface area contributed by atoms with Crippen LogP contribution in [0.4, 0.5) is 5.13 Å². The Balaban J connectivity index is 1.68. The molecule has 7 nitrogen and oxygen atoms in total. The minimum absolute atomic E-state index is 0.0478. The number of hydrogen-bond donors (Lipinski definition) is 2. The van der Waals surface area contributed by atoms with Crippen LogP contribution < -0.4 is 20.1 Å². The van der Waals surface area contributed by atoms with Crippen molar-refractivity contribution in [3.05, 3.63) is 23.6 Å². The number of nitrogens with one attached hydrogen (secondary N) is 2. The van der Waals surface area contributed by atoms with Crippen molar-refractivity contribution in [1.82, 2.24) is 10.3 Å².